The van der Waals surface area contributed by atoms with E-state index in [4.69, 9.17) is 5.11 Å². The lowest BCUT2D eigenvalue weighted by molar-refractivity contribution is -0.136. The van der Waals surface area contributed by atoms with E-state index in [0.29, 0.717) is 0 Å². The molecule has 0 radical (unpaired) electrons. The number of H-pyrrole nitrogens is 1. The Hall–Kier alpha value is -1.15. The van der Waals surface area contributed by atoms with Crippen molar-refractivity contribution in [1.29, 1.82) is 0 Å². The quantitative estimate of drug-likeness (QED) is 0.577. The maximum Gasteiger partial charge on any atom is 0.359 e. The fourth-order valence-electron chi connectivity index (χ4n) is 0.495. The highest BCUT2D eigenvalue weighted by atomic mass is 32.2. The van der Waals surface area contributed by atoms with Crippen molar-refractivity contribution >= 4 is 17.1 Å². The lowest BCUT2D eigenvalue weighted by Gasteiger charge is -2.08. The van der Waals surface area contributed by atoms with Gasteiger partial charge in [-0.05, 0) is 17.4 Å². The van der Waals surface area contributed by atoms with Gasteiger partial charge < -0.3 is 9.66 Å². The van der Waals surface area contributed by atoms with Crippen LogP contribution in [0, 0.1) is 0 Å². The standard InChI is InChI=1S/C4H6N4O3S/c1-2(3(9)10)12(11)4-5-7-8-6-4/h2H,1H3,(H,9,10)(H,5,6,7,8). The molecule has 2 atom stereocenters. The van der Waals surface area contributed by atoms with E-state index in [0.717, 1.165) is 0 Å². The number of aromatic amines is 1. The summed E-state index contributed by atoms with van der Waals surface area (Å²) in [5.41, 5.74) is 0. The number of carboxylic acids is 1. The zero-order valence-electron chi connectivity index (χ0n) is 6.09. The van der Waals surface area contributed by atoms with Crippen molar-refractivity contribution in [2.75, 3.05) is 0 Å². The summed E-state index contributed by atoms with van der Waals surface area (Å²) in [5.74, 6) is -1.15. The molecule has 8 heteroatoms. The molecule has 2 N–H and O–H groups in total. The van der Waals surface area contributed by atoms with Gasteiger partial charge in [0.25, 0.3) is 0 Å². The summed E-state index contributed by atoms with van der Waals surface area (Å²) in [6.45, 7) is 1.32. The predicted molar refractivity (Wildman–Crippen MR) is 37.7 cm³/mol. The molecule has 0 saturated carbocycles. The van der Waals surface area contributed by atoms with Crippen LogP contribution in [-0.4, -0.2) is 41.5 Å². The number of nitrogens with one attached hydrogen (secondary N) is 1. The van der Waals surface area contributed by atoms with Gasteiger partial charge in [0.05, 0.1) is 0 Å². The number of aliphatic carboxylic acids is 1. The molecule has 1 aromatic heterocycles. The summed E-state index contributed by atoms with van der Waals surface area (Å²) < 4.78 is 11.2. The Morgan fingerprint density at radius 2 is 2.50 bits per heavy atom. The third kappa shape index (κ3) is 1.71. The minimum absolute atomic E-state index is 0.0232. The number of tetrazole rings is 1. The number of hydrogen-bond donors (Lipinski definition) is 2. The molecule has 0 amide bonds. The second-order valence-electron chi connectivity index (χ2n) is 1.98. The Balaban J connectivity index is 2.71. The van der Waals surface area contributed by atoms with Gasteiger partial charge in [-0.3, -0.25) is 0 Å². The Bertz CT molecular complexity index is 263. The van der Waals surface area contributed by atoms with Crippen LogP contribution in [-0.2, 0) is 16.0 Å². The molecule has 7 nitrogen and oxygen atoms in total. The summed E-state index contributed by atoms with van der Waals surface area (Å²) in [7, 11) is 0. The largest absolute Gasteiger partial charge is 0.608 e. The van der Waals surface area contributed by atoms with E-state index >= 15 is 0 Å². The van der Waals surface area contributed by atoms with Crippen molar-refractivity contribution in [3.8, 4) is 0 Å². The summed E-state index contributed by atoms with van der Waals surface area (Å²) in [5, 5.41) is 19.4. The smallest absolute Gasteiger partial charge is 0.359 e. The van der Waals surface area contributed by atoms with Gasteiger partial charge in [-0.25, -0.2) is 4.79 Å². The summed E-state index contributed by atoms with van der Waals surface area (Å²) in [4.78, 5) is 10.4. The van der Waals surface area contributed by atoms with E-state index in [1.165, 1.54) is 6.92 Å². The zero-order valence-corrected chi connectivity index (χ0v) is 6.91. The minimum atomic E-state index is -1.72. The SMILES string of the molecule is CC(C(=O)O)[S+]([O-])c1nnn[nH]1. The van der Waals surface area contributed by atoms with Crippen molar-refractivity contribution < 1.29 is 14.5 Å². The van der Waals surface area contributed by atoms with Crippen LogP contribution in [0.1, 0.15) is 6.92 Å². The van der Waals surface area contributed by atoms with E-state index < -0.39 is 22.4 Å². The molecule has 2 unspecified atom stereocenters. The van der Waals surface area contributed by atoms with Gasteiger partial charge in [-0.1, -0.05) is 5.10 Å². The van der Waals surface area contributed by atoms with E-state index in [-0.39, 0.29) is 5.16 Å². The molecule has 0 spiro atoms. The molecule has 0 fully saturated rings. The van der Waals surface area contributed by atoms with Crippen molar-refractivity contribution in [3.05, 3.63) is 0 Å². The average Bonchev–Trinajstić information content (AvgIpc) is 2.53. The van der Waals surface area contributed by atoms with Gasteiger partial charge >= 0.3 is 11.1 Å². The molecular formula is C4H6N4O3S. The Labute approximate surface area is 70.3 Å². The monoisotopic (exact) mass is 190 g/mol. The van der Waals surface area contributed by atoms with Crippen molar-refractivity contribution in [2.45, 2.75) is 17.3 Å². The van der Waals surface area contributed by atoms with Crippen LogP contribution in [0.3, 0.4) is 0 Å². The van der Waals surface area contributed by atoms with E-state index in [9.17, 15) is 9.35 Å². The number of rotatable bonds is 3. The predicted octanol–water partition coefficient (Wildman–Crippen LogP) is -1.22. The fraction of sp³-hybridized carbons (Fsp3) is 0.500. The highest BCUT2D eigenvalue weighted by Gasteiger charge is 2.29. The summed E-state index contributed by atoms with van der Waals surface area (Å²) in [6.07, 6.45) is 0. The Morgan fingerprint density at radius 1 is 1.83 bits per heavy atom. The number of aromatic nitrogens is 4. The summed E-state index contributed by atoms with van der Waals surface area (Å²) >= 11 is -1.72. The lowest BCUT2D eigenvalue weighted by atomic mass is 10.5. The van der Waals surface area contributed by atoms with Crippen LogP contribution >= 0.6 is 0 Å². The molecule has 0 aromatic carbocycles. The van der Waals surface area contributed by atoms with Crippen LogP contribution in [0.2, 0.25) is 0 Å². The molecule has 1 aromatic rings. The minimum Gasteiger partial charge on any atom is -0.608 e. The molecule has 0 saturated heterocycles. The van der Waals surface area contributed by atoms with Crippen LogP contribution in [0.25, 0.3) is 0 Å². The molecule has 12 heavy (non-hydrogen) atoms. The van der Waals surface area contributed by atoms with Crippen LogP contribution in [0.5, 0.6) is 0 Å². The van der Waals surface area contributed by atoms with Crippen LogP contribution in [0.4, 0.5) is 0 Å². The van der Waals surface area contributed by atoms with Gasteiger partial charge in [0, 0.05) is 11.2 Å². The van der Waals surface area contributed by atoms with Crippen molar-refractivity contribution in [1.82, 2.24) is 20.6 Å². The van der Waals surface area contributed by atoms with E-state index in [1.54, 1.807) is 0 Å². The fourth-order valence-corrected chi connectivity index (χ4v) is 1.26. The van der Waals surface area contributed by atoms with Crippen LogP contribution < -0.4 is 0 Å². The van der Waals surface area contributed by atoms with Gasteiger partial charge in [-0.15, -0.1) is 0 Å². The number of hydrogen-bond acceptors (Lipinski definition) is 5. The Kier molecular flexibility index (Phi) is 2.61. The molecule has 0 aliphatic heterocycles. The zero-order chi connectivity index (χ0) is 9.14. The second kappa shape index (κ2) is 3.50. The van der Waals surface area contributed by atoms with Crippen molar-refractivity contribution in [3.63, 3.8) is 0 Å². The first-order valence-electron chi connectivity index (χ1n) is 3.00. The second-order valence-corrected chi connectivity index (χ2v) is 3.67. The first-order chi connectivity index (χ1) is 5.63. The van der Waals surface area contributed by atoms with Crippen LogP contribution in [0.15, 0.2) is 5.16 Å². The molecular weight excluding hydrogens is 184 g/mol. The molecule has 66 valence electrons. The third-order valence-electron chi connectivity index (χ3n) is 1.19. The van der Waals surface area contributed by atoms with Crippen molar-refractivity contribution in [2.24, 2.45) is 0 Å². The molecule has 0 aliphatic rings. The molecule has 1 heterocycles. The van der Waals surface area contributed by atoms with Gasteiger partial charge in [0.2, 0.25) is 5.25 Å². The maximum atomic E-state index is 11.2. The Morgan fingerprint density at radius 3 is 2.92 bits per heavy atom. The topological polar surface area (TPSA) is 115 Å². The average molecular weight is 190 g/mol. The lowest BCUT2D eigenvalue weighted by Crippen LogP contribution is -2.27. The first-order valence-corrected chi connectivity index (χ1v) is 4.21. The van der Waals surface area contributed by atoms with Gasteiger partial charge in [0.1, 0.15) is 0 Å². The molecule has 0 aliphatic carbocycles. The third-order valence-corrected chi connectivity index (χ3v) is 2.58. The highest BCUT2D eigenvalue weighted by molar-refractivity contribution is 7.92. The number of carbonyl (C=O) groups is 1. The highest BCUT2D eigenvalue weighted by Crippen LogP contribution is 2.08. The van der Waals surface area contributed by atoms with Gasteiger partial charge in [0.15, 0.2) is 0 Å². The molecule has 1 rings (SSSR count). The van der Waals surface area contributed by atoms with E-state index in [1.807, 2.05) is 0 Å². The van der Waals surface area contributed by atoms with E-state index in [2.05, 4.69) is 20.6 Å². The number of carboxylic acid groups (broad SMARTS) is 1. The maximum absolute atomic E-state index is 11.2. The first kappa shape index (κ1) is 8.94. The number of nitrogens with zero attached hydrogens (tertiary/aromatic N) is 3. The molecule has 0 bridgehead atoms. The normalized spacial score (nSPS) is 15.5. The summed E-state index contributed by atoms with van der Waals surface area (Å²) in [6, 6.07) is 0. The van der Waals surface area contributed by atoms with Gasteiger partial charge in [-0.2, -0.15) is 5.10 Å².